The molecule has 0 radical (unpaired) electrons. The second kappa shape index (κ2) is 7.27. The van der Waals surface area contributed by atoms with Crippen LogP contribution in [-0.2, 0) is 10.0 Å². The van der Waals surface area contributed by atoms with E-state index < -0.39 is 14.9 Å². The highest BCUT2D eigenvalue weighted by atomic mass is 32.2. The van der Waals surface area contributed by atoms with Crippen LogP contribution in [0.3, 0.4) is 0 Å². The Bertz CT molecular complexity index is 1150. The molecule has 0 saturated heterocycles. The van der Waals surface area contributed by atoms with Crippen LogP contribution in [-0.4, -0.2) is 13.3 Å². The zero-order valence-corrected chi connectivity index (χ0v) is 14.7. The molecule has 0 amide bonds. The molecule has 0 bridgehead atoms. The van der Waals surface area contributed by atoms with Crippen LogP contribution >= 0.6 is 0 Å². The smallest absolute Gasteiger partial charge is 0.273 e. The van der Waals surface area contributed by atoms with E-state index in [2.05, 4.69) is 4.72 Å². The van der Waals surface area contributed by atoms with Gasteiger partial charge in [-0.2, -0.15) is 5.26 Å². The van der Waals surface area contributed by atoms with E-state index in [1.165, 1.54) is 36.4 Å². The molecule has 1 N–H and O–H groups in total. The molecule has 0 heterocycles. The molecule has 0 atom stereocenters. The van der Waals surface area contributed by atoms with Crippen molar-refractivity contribution in [1.82, 2.24) is 0 Å². The highest BCUT2D eigenvalue weighted by Crippen LogP contribution is 2.32. The maximum absolute atomic E-state index is 12.6. The third-order valence-electron chi connectivity index (χ3n) is 3.84. The molecule has 3 aromatic rings. The maximum atomic E-state index is 12.6. The lowest BCUT2D eigenvalue weighted by molar-refractivity contribution is -0.383. The van der Waals surface area contributed by atoms with Gasteiger partial charge in [0.25, 0.3) is 15.7 Å². The van der Waals surface area contributed by atoms with Crippen LogP contribution in [0.15, 0.2) is 77.7 Å². The summed E-state index contributed by atoms with van der Waals surface area (Å²) in [6.45, 7) is 0. The average Bonchev–Trinajstić information content (AvgIpc) is 2.68. The van der Waals surface area contributed by atoms with Crippen LogP contribution in [0.5, 0.6) is 0 Å². The van der Waals surface area contributed by atoms with Gasteiger partial charge in [0.05, 0.1) is 10.5 Å². The van der Waals surface area contributed by atoms with Crippen LogP contribution in [0.25, 0.3) is 11.1 Å². The molecule has 27 heavy (non-hydrogen) atoms. The molecule has 0 unspecified atom stereocenters. The van der Waals surface area contributed by atoms with Crippen molar-refractivity contribution in [3.8, 4) is 17.2 Å². The van der Waals surface area contributed by atoms with Crippen molar-refractivity contribution < 1.29 is 13.3 Å². The molecule has 0 fully saturated rings. The van der Waals surface area contributed by atoms with Crippen LogP contribution in [0, 0.1) is 21.4 Å². The van der Waals surface area contributed by atoms with Crippen molar-refractivity contribution in [2.45, 2.75) is 4.90 Å². The van der Waals surface area contributed by atoms with Gasteiger partial charge in [-0.05, 0) is 29.3 Å². The van der Waals surface area contributed by atoms with Crippen molar-refractivity contribution in [1.29, 1.82) is 5.26 Å². The van der Waals surface area contributed by atoms with Crippen molar-refractivity contribution >= 4 is 21.4 Å². The largest absolute Gasteiger partial charge is 0.293 e. The SMILES string of the molecule is N#Cc1ccccc1S(=O)(=O)Nc1ccc(-c2ccccc2)cc1[N+](=O)[O-]. The summed E-state index contributed by atoms with van der Waals surface area (Å²) >= 11 is 0. The summed E-state index contributed by atoms with van der Waals surface area (Å²) in [5.74, 6) is 0. The van der Waals surface area contributed by atoms with Gasteiger partial charge in [-0.25, -0.2) is 8.42 Å². The Morgan fingerprint density at radius 2 is 1.59 bits per heavy atom. The van der Waals surface area contributed by atoms with Crippen molar-refractivity contribution in [2.24, 2.45) is 0 Å². The maximum Gasteiger partial charge on any atom is 0.293 e. The van der Waals surface area contributed by atoms with Gasteiger partial charge in [0.15, 0.2) is 0 Å². The number of nitriles is 1. The molecule has 3 rings (SSSR count). The molecule has 7 nitrogen and oxygen atoms in total. The number of rotatable bonds is 5. The van der Waals surface area contributed by atoms with E-state index >= 15 is 0 Å². The number of nitrogens with one attached hydrogen (secondary N) is 1. The summed E-state index contributed by atoms with van der Waals surface area (Å²) in [4.78, 5) is 10.6. The van der Waals surface area contributed by atoms with Crippen molar-refractivity contribution in [3.63, 3.8) is 0 Å². The predicted molar refractivity (Wildman–Crippen MR) is 100 cm³/mol. The quantitative estimate of drug-likeness (QED) is 0.533. The van der Waals surface area contributed by atoms with E-state index in [9.17, 15) is 18.5 Å². The summed E-state index contributed by atoms with van der Waals surface area (Å²) < 4.78 is 27.5. The fourth-order valence-corrected chi connectivity index (χ4v) is 3.81. The molecule has 3 aromatic carbocycles. The minimum absolute atomic E-state index is 0.0476. The number of sulfonamides is 1. The topological polar surface area (TPSA) is 113 Å². The fourth-order valence-electron chi connectivity index (χ4n) is 2.57. The number of hydrogen-bond acceptors (Lipinski definition) is 5. The van der Waals surface area contributed by atoms with Crippen LogP contribution in [0.1, 0.15) is 5.56 Å². The Morgan fingerprint density at radius 3 is 2.26 bits per heavy atom. The number of nitrogens with zero attached hydrogens (tertiary/aromatic N) is 2. The first kappa shape index (κ1) is 18.1. The molecule has 0 aliphatic heterocycles. The molecule has 0 aliphatic rings. The predicted octanol–water partition coefficient (Wildman–Crippen LogP) is 3.93. The van der Waals surface area contributed by atoms with Gasteiger partial charge in [-0.15, -0.1) is 0 Å². The van der Waals surface area contributed by atoms with E-state index in [0.717, 1.165) is 5.56 Å². The normalized spacial score (nSPS) is 10.8. The first-order chi connectivity index (χ1) is 12.9. The van der Waals surface area contributed by atoms with E-state index in [-0.39, 0.29) is 21.8 Å². The number of benzene rings is 3. The number of anilines is 1. The molecule has 0 aliphatic carbocycles. The Morgan fingerprint density at radius 1 is 0.926 bits per heavy atom. The summed E-state index contributed by atoms with van der Waals surface area (Å²) in [7, 11) is -4.17. The summed E-state index contributed by atoms with van der Waals surface area (Å²) in [6.07, 6.45) is 0. The first-order valence-electron chi connectivity index (χ1n) is 7.78. The van der Waals surface area contributed by atoms with Crippen LogP contribution < -0.4 is 4.72 Å². The second-order valence-electron chi connectivity index (χ2n) is 5.57. The van der Waals surface area contributed by atoms with Gasteiger partial charge in [0, 0.05) is 6.07 Å². The monoisotopic (exact) mass is 379 g/mol. The van der Waals surface area contributed by atoms with Gasteiger partial charge in [0.2, 0.25) is 0 Å². The Balaban J connectivity index is 2.04. The summed E-state index contributed by atoms with van der Waals surface area (Å²) in [6, 6.07) is 20.7. The molecular weight excluding hydrogens is 366 g/mol. The van der Waals surface area contributed by atoms with Crippen molar-refractivity contribution in [3.05, 3.63) is 88.5 Å². The van der Waals surface area contributed by atoms with Gasteiger partial charge in [-0.3, -0.25) is 14.8 Å². The zero-order chi connectivity index (χ0) is 19.4. The third kappa shape index (κ3) is 3.78. The average molecular weight is 379 g/mol. The van der Waals surface area contributed by atoms with E-state index in [1.54, 1.807) is 36.4 Å². The molecular formula is C19H13N3O4S. The molecule has 8 heteroatoms. The summed E-state index contributed by atoms with van der Waals surface area (Å²) in [5, 5.41) is 20.6. The Hall–Kier alpha value is -3.70. The fraction of sp³-hybridized carbons (Fsp3) is 0. The number of nitro benzene ring substituents is 1. The lowest BCUT2D eigenvalue weighted by atomic mass is 10.0. The van der Waals surface area contributed by atoms with Crippen LogP contribution in [0.4, 0.5) is 11.4 Å². The Kier molecular flexibility index (Phi) is 4.88. The second-order valence-corrected chi connectivity index (χ2v) is 7.22. The molecule has 0 spiro atoms. The molecule has 0 saturated carbocycles. The van der Waals surface area contributed by atoms with Gasteiger partial charge in [-0.1, -0.05) is 48.5 Å². The van der Waals surface area contributed by atoms with Gasteiger partial charge in [0.1, 0.15) is 16.7 Å². The van der Waals surface area contributed by atoms with Crippen molar-refractivity contribution in [2.75, 3.05) is 4.72 Å². The standard InChI is InChI=1S/C19H13N3O4S/c20-13-16-8-4-5-9-19(16)27(25,26)21-17-11-10-15(12-18(17)22(23)24)14-6-2-1-3-7-14/h1-12,21H. The first-order valence-corrected chi connectivity index (χ1v) is 9.26. The van der Waals surface area contributed by atoms with Crippen LogP contribution in [0.2, 0.25) is 0 Å². The molecule has 0 aromatic heterocycles. The minimum atomic E-state index is -4.17. The highest BCUT2D eigenvalue weighted by Gasteiger charge is 2.23. The van der Waals surface area contributed by atoms with Gasteiger partial charge < -0.3 is 0 Å². The Labute approximate surface area is 155 Å². The zero-order valence-electron chi connectivity index (χ0n) is 13.9. The van der Waals surface area contributed by atoms with E-state index in [4.69, 9.17) is 5.26 Å². The number of hydrogen-bond donors (Lipinski definition) is 1. The molecule has 134 valence electrons. The highest BCUT2D eigenvalue weighted by molar-refractivity contribution is 7.92. The minimum Gasteiger partial charge on any atom is -0.273 e. The van der Waals surface area contributed by atoms with Gasteiger partial charge >= 0.3 is 0 Å². The van der Waals surface area contributed by atoms with E-state index in [0.29, 0.717) is 5.56 Å². The lowest BCUT2D eigenvalue weighted by Crippen LogP contribution is -2.15. The third-order valence-corrected chi connectivity index (χ3v) is 5.27. The number of nitro groups is 1. The lowest BCUT2D eigenvalue weighted by Gasteiger charge is -2.11. The summed E-state index contributed by atoms with van der Waals surface area (Å²) in [5.41, 5.74) is 0.753. The van der Waals surface area contributed by atoms with E-state index in [1.807, 2.05) is 6.07 Å².